The first-order chi connectivity index (χ1) is 12.9. The summed E-state index contributed by atoms with van der Waals surface area (Å²) >= 11 is 5.42. The number of rotatable bonds is 6. The minimum absolute atomic E-state index is 0.0372. The fourth-order valence-corrected chi connectivity index (χ4v) is 3.79. The van der Waals surface area contributed by atoms with Gasteiger partial charge in [-0.25, -0.2) is 4.79 Å². The van der Waals surface area contributed by atoms with Crippen molar-refractivity contribution in [3.63, 3.8) is 0 Å². The van der Waals surface area contributed by atoms with Crippen molar-refractivity contribution in [3.05, 3.63) is 61.6 Å². The van der Waals surface area contributed by atoms with E-state index < -0.39 is 11.9 Å². The van der Waals surface area contributed by atoms with E-state index in [-0.39, 0.29) is 12.2 Å². The monoisotopic (exact) mass is 540 g/mol. The van der Waals surface area contributed by atoms with Gasteiger partial charge in [0.15, 0.2) is 6.61 Å². The first-order valence-electron chi connectivity index (χ1n) is 7.61. The fourth-order valence-electron chi connectivity index (χ4n) is 2.03. The number of methoxy groups -OCH3 is 1. The summed E-state index contributed by atoms with van der Waals surface area (Å²) in [6, 6.07) is 14.2. The Morgan fingerprint density at radius 2 is 2.00 bits per heavy atom. The van der Waals surface area contributed by atoms with Crippen molar-refractivity contribution in [2.45, 2.75) is 0 Å². The van der Waals surface area contributed by atoms with Crippen LogP contribution in [-0.2, 0) is 14.3 Å². The molecule has 138 valence electrons. The molecule has 0 spiro atoms. The molecule has 0 saturated carbocycles. The van der Waals surface area contributed by atoms with Gasteiger partial charge < -0.3 is 14.8 Å². The highest BCUT2D eigenvalue weighted by molar-refractivity contribution is 14.1. The van der Waals surface area contributed by atoms with Gasteiger partial charge in [0.25, 0.3) is 5.91 Å². The zero-order chi connectivity index (χ0) is 19.8. The number of nitriles is 1. The summed E-state index contributed by atoms with van der Waals surface area (Å²) in [5.74, 6) is -0.516. The number of nitrogens with zero attached hydrogens (tertiary/aromatic N) is 1. The maximum atomic E-state index is 12.3. The van der Waals surface area contributed by atoms with Crippen molar-refractivity contribution in [2.75, 3.05) is 19.0 Å². The predicted octanol–water partition coefficient (Wildman–Crippen LogP) is 4.15. The SMILES string of the molecule is COC(=O)COc1c(Br)cc(/C=C(/C#N)C(=O)Nc2ccccc2)cc1I. The third-order valence-corrected chi connectivity index (χ3v) is 4.68. The van der Waals surface area contributed by atoms with E-state index in [9.17, 15) is 14.9 Å². The van der Waals surface area contributed by atoms with Gasteiger partial charge in [0.2, 0.25) is 0 Å². The molecule has 0 heterocycles. The highest BCUT2D eigenvalue weighted by Gasteiger charge is 2.13. The van der Waals surface area contributed by atoms with Crippen molar-refractivity contribution < 1.29 is 19.1 Å². The van der Waals surface area contributed by atoms with E-state index in [0.717, 1.165) is 0 Å². The van der Waals surface area contributed by atoms with Crippen molar-refractivity contribution in [2.24, 2.45) is 0 Å². The molecule has 0 saturated heterocycles. The van der Waals surface area contributed by atoms with Crippen molar-refractivity contribution in [1.29, 1.82) is 5.26 Å². The molecular weight excluding hydrogens is 527 g/mol. The predicted molar refractivity (Wildman–Crippen MR) is 113 cm³/mol. The zero-order valence-electron chi connectivity index (χ0n) is 14.2. The number of ether oxygens (including phenoxy) is 2. The Labute approximate surface area is 178 Å². The lowest BCUT2D eigenvalue weighted by Gasteiger charge is -2.10. The van der Waals surface area contributed by atoms with Crippen LogP contribution < -0.4 is 10.1 Å². The van der Waals surface area contributed by atoms with Crippen LogP contribution in [-0.4, -0.2) is 25.6 Å². The lowest BCUT2D eigenvalue weighted by Crippen LogP contribution is -2.14. The molecule has 6 nitrogen and oxygen atoms in total. The first kappa shape index (κ1) is 20.9. The van der Waals surface area contributed by atoms with Crippen molar-refractivity contribution in [1.82, 2.24) is 0 Å². The molecule has 0 fully saturated rings. The number of amides is 1. The lowest BCUT2D eigenvalue weighted by molar-refractivity contribution is -0.142. The summed E-state index contributed by atoms with van der Waals surface area (Å²) in [6.45, 7) is -0.219. The summed E-state index contributed by atoms with van der Waals surface area (Å²) in [5.41, 5.74) is 1.20. The summed E-state index contributed by atoms with van der Waals surface area (Å²) < 4.78 is 11.3. The molecule has 2 aromatic rings. The van der Waals surface area contributed by atoms with E-state index in [4.69, 9.17) is 4.74 Å². The van der Waals surface area contributed by atoms with Gasteiger partial charge in [-0.05, 0) is 74.4 Å². The molecule has 0 radical (unpaired) electrons. The van der Waals surface area contributed by atoms with Crippen LogP contribution in [0.25, 0.3) is 6.08 Å². The minimum Gasteiger partial charge on any atom is -0.480 e. The molecule has 0 aliphatic rings. The third-order valence-electron chi connectivity index (χ3n) is 3.29. The molecule has 0 aliphatic heterocycles. The molecule has 0 aromatic heterocycles. The Morgan fingerprint density at radius 1 is 1.30 bits per heavy atom. The van der Waals surface area contributed by atoms with Gasteiger partial charge in [-0.3, -0.25) is 4.79 Å². The molecule has 0 atom stereocenters. The average Bonchev–Trinajstić information content (AvgIpc) is 2.65. The number of para-hydroxylation sites is 1. The average molecular weight is 541 g/mol. The minimum atomic E-state index is -0.499. The van der Waals surface area contributed by atoms with Crippen LogP contribution in [0.2, 0.25) is 0 Å². The summed E-state index contributed by atoms with van der Waals surface area (Å²) in [4.78, 5) is 23.5. The second kappa shape index (κ2) is 10.1. The van der Waals surface area contributed by atoms with Gasteiger partial charge in [-0.2, -0.15) is 5.26 Å². The topological polar surface area (TPSA) is 88.4 Å². The number of benzene rings is 2. The van der Waals surface area contributed by atoms with E-state index >= 15 is 0 Å². The normalized spacial score (nSPS) is 10.7. The molecule has 27 heavy (non-hydrogen) atoms. The number of hydrogen-bond donors (Lipinski definition) is 1. The Bertz CT molecular complexity index is 900. The number of halogens is 2. The zero-order valence-corrected chi connectivity index (χ0v) is 17.9. The third kappa shape index (κ3) is 6.08. The number of carbonyl (C=O) groups excluding carboxylic acids is 2. The lowest BCUT2D eigenvalue weighted by atomic mass is 10.1. The number of carbonyl (C=O) groups is 2. The fraction of sp³-hybridized carbons (Fsp3) is 0.105. The highest BCUT2D eigenvalue weighted by atomic mass is 127. The number of hydrogen-bond acceptors (Lipinski definition) is 5. The highest BCUT2D eigenvalue weighted by Crippen LogP contribution is 2.32. The van der Waals surface area contributed by atoms with Crippen LogP contribution in [0.4, 0.5) is 5.69 Å². The Hall–Kier alpha value is -2.38. The Balaban J connectivity index is 2.22. The summed E-state index contributed by atoms with van der Waals surface area (Å²) in [5, 5.41) is 12.0. The first-order valence-corrected chi connectivity index (χ1v) is 9.48. The van der Waals surface area contributed by atoms with Gasteiger partial charge in [0.05, 0.1) is 15.2 Å². The molecule has 1 amide bonds. The molecule has 0 bridgehead atoms. The van der Waals surface area contributed by atoms with Crippen LogP contribution in [0.3, 0.4) is 0 Å². The van der Waals surface area contributed by atoms with Gasteiger partial charge in [-0.15, -0.1) is 0 Å². The smallest absolute Gasteiger partial charge is 0.343 e. The second-order valence-electron chi connectivity index (χ2n) is 5.17. The number of esters is 1. The Kier molecular flexibility index (Phi) is 7.82. The van der Waals surface area contributed by atoms with Crippen molar-refractivity contribution >= 4 is 62.2 Å². The van der Waals surface area contributed by atoms with Crippen LogP contribution in [0, 0.1) is 14.9 Å². The molecule has 8 heteroatoms. The van der Waals surface area contributed by atoms with Crippen LogP contribution in [0.5, 0.6) is 5.75 Å². The number of nitrogens with one attached hydrogen (secondary N) is 1. The molecular formula is C19H14BrIN2O4. The van der Waals surface area contributed by atoms with Gasteiger partial charge >= 0.3 is 5.97 Å². The van der Waals surface area contributed by atoms with E-state index in [1.165, 1.54) is 13.2 Å². The van der Waals surface area contributed by atoms with Crippen LogP contribution in [0.1, 0.15) is 5.56 Å². The van der Waals surface area contributed by atoms with Crippen LogP contribution in [0.15, 0.2) is 52.5 Å². The summed E-state index contributed by atoms with van der Waals surface area (Å²) in [7, 11) is 1.28. The Morgan fingerprint density at radius 3 is 2.59 bits per heavy atom. The maximum Gasteiger partial charge on any atom is 0.343 e. The van der Waals surface area contributed by atoms with Crippen molar-refractivity contribution in [3.8, 4) is 11.8 Å². The molecule has 0 aliphatic carbocycles. The van der Waals surface area contributed by atoms with Gasteiger partial charge in [0.1, 0.15) is 17.4 Å². The van der Waals surface area contributed by atoms with E-state index in [1.54, 1.807) is 36.4 Å². The molecule has 2 aromatic carbocycles. The van der Waals surface area contributed by atoms with E-state index in [1.807, 2.05) is 34.7 Å². The molecule has 2 rings (SSSR count). The maximum absolute atomic E-state index is 12.3. The summed E-state index contributed by atoms with van der Waals surface area (Å²) in [6.07, 6.45) is 1.48. The number of anilines is 1. The molecule has 0 unspecified atom stereocenters. The van der Waals surface area contributed by atoms with E-state index in [0.29, 0.717) is 25.0 Å². The quantitative estimate of drug-likeness (QED) is 0.257. The standard InChI is InChI=1S/C19H14BrIN2O4/c1-26-17(24)11-27-18-15(20)8-12(9-16(18)21)7-13(10-22)19(25)23-14-5-3-2-4-6-14/h2-9H,11H2,1H3,(H,23,25)/b13-7-. The van der Waals surface area contributed by atoms with E-state index in [2.05, 4.69) is 26.0 Å². The second-order valence-corrected chi connectivity index (χ2v) is 7.18. The van der Waals surface area contributed by atoms with Crippen LogP contribution >= 0.6 is 38.5 Å². The largest absolute Gasteiger partial charge is 0.480 e. The van der Waals surface area contributed by atoms with Gasteiger partial charge in [0, 0.05) is 5.69 Å². The van der Waals surface area contributed by atoms with Gasteiger partial charge in [-0.1, -0.05) is 18.2 Å². The molecule has 1 N–H and O–H groups in total.